The van der Waals surface area contributed by atoms with Gasteiger partial charge in [0.25, 0.3) is 0 Å². The van der Waals surface area contributed by atoms with Crippen LogP contribution in [0.1, 0.15) is 25.7 Å². The Morgan fingerprint density at radius 2 is 1.96 bits per heavy atom. The third-order valence-corrected chi connectivity index (χ3v) is 5.97. The van der Waals surface area contributed by atoms with Crippen LogP contribution in [0, 0.1) is 0 Å². The normalized spacial score (nSPS) is 18.8. The molecule has 6 nitrogen and oxygen atoms in total. The number of carbonyl (C=O) groups excluding carboxylic acids is 1. The minimum atomic E-state index is 0.0534. The fourth-order valence-electron chi connectivity index (χ4n) is 3.30. The number of nitrogens with zero attached hydrogens (tertiary/aromatic N) is 3. The van der Waals surface area contributed by atoms with Crippen LogP contribution in [0.5, 0.6) is 0 Å². The van der Waals surface area contributed by atoms with Crippen molar-refractivity contribution in [1.29, 1.82) is 0 Å². The second-order valence-corrected chi connectivity index (χ2v) is 8.25. The van der Waals surface area contributed by atoms with E-state index in [1.54, 1.807) is 0 Å². The third-order valence-electron chi connectivity index (χ3n) is 4.87. The molecule has 2 N–H and O–H groups in total. The van der Waals surface area contributed by atoms with Crippen LogP contribution in [0.15, 0.2) is 29.4 Å². The molecule has 0 atom stereocenters. The van der Waals surface area contributed by atoms with Gasteiger partial charge in [-0.15, -0.1) is 5.10 Å². The van der Waals surface area contributed by atoms with Crippen molar-refractivity contribution in [2.24, 2.45) is 0 Å². The van der Waals surface area contributed by atoms with E-state index in [0.29, 0.717) is 27.8 Å². The summed E-state index contributed by atoms with van der Waals surface area (Å²) in [5, 5.41) is 11.5. The van der Waals surface area contributed by atoms with Crippen molar-refractivity contribution in [3.63, 3.8) is 0 Å². The zero-order chi connectivity index (χ0) is 17.9. The number of hydrogen-bond acceptors (Lipinski definition) is 5. The summed E-state index contributed by atoms with van der Waals surface area (Å²) in [5.74, 6) is 1.07. The summed E-state index contributed by atoms with van der Waals surface area (Å²) in [5.41, 5.74) is 0.917. The lowest BCUT2D eigenvalue weighted by Gasteiger charge is -2.32. The first-order valence-corrected chi connectivity index (χ1v) is 10.4. The maximum Gasteiger partial charge on any atom is 0.230 e. The van der Waals surface area contributed by atoms with E-state index in [-0.39, 0.29) is 5.91 Å². The molecule has 0 spiro atoms. The van der Waals surface area contributed by atoms with Gasteiger partial charge in [-0.25, -0.2) is 4.98 Å². The molecular formula is C18H22ClN5OS. The molecule has 0 bridgehead atoms. The highest BCUT2D eigenvalue weighted by Gasteiger charge is 2.32. The quantitative estimate of drug-likeness (QED) is 0.740. The van der Waals surface area contributed by atoms with E-state index in [4.69, 9.17) is 11.6 Å². The van der Waals surface area contributed by atoms with Crippen LogP contribution in [0.2, 0.25) is 5.02 Å². The molecule has 8 heteroatoms. The largest absolute Gasteiger partial charge is 0.353 e. The van der Waals surface area contributed by atoms with Gasteiger partial charge in [-0.2, -0.15) is 0 Å². The van der Waals surface area contributed by atoms with E-state index >= 15 is 0 Å². The van der Waals surface area contributed by atoms with Gasteiger partial charge in [0.15, 0.2) is 5.82 Å². The third kappa shape index (κ3) is 4.58. The highest BCUT2D eigenvalue weighted by molar-refractivity contribution is 7.99. The van der Waals surface area contributed by atoms with E-state index in [9.17, 15) is 4.79 Å². The topological polar surface area (TPSA) is 73.9 Å². The van der Waals surface area contributed by atoms with Crippen LogP contribution in [0.4, 0.5) is 0 Å². The van der Waals surface area contributed by atoms with Crippen LogP contribution in [-0.2, 0) is 4.79 Å². The molecule has 1 saturated heterocycles. The van der Waals surface area contributed by atoms with Crippen molar-refractivity contribution in [2.75, 3.05) is 18.8 Å². The van der Waals surface area contributed by atoms with Gasteiger partial charge in [-0.3, -0.25) is 9.89 Å². The van der Waals surface area contributed by atoms with Gasteiger partial charge in [0.1, 0.15) is 0 Å². The summed E-state index contributed by atoms with van der Waals surface area (Å²) in [6.07, 6.45) is 4.80. The van der Waals surface area contributed by atoms with Gasteiger partial charge >= 0.3 is 0 Å². The lowest BCUT2D eigenvalue weighted by atomic mass is 10.1. The minimum Gasteiger partial charge on any atom is -0.353 e. The second-order valence-electron chi connectivity index (χ2n) is 6.87. The molecule has 1 aromatic heterocycles. The molecule has 0 radical (unpaired) electrons. The summed E-state index contributed by atoms with van der Waals surface area (Å²) in [6, 6.07) is 8.52. The van der Waals surface area contributed by atoms with Gasteiger partial charge < -0.3 is 10.2 Å². The smallest absolute Gasteiger partial charge is 0.230 e. The summed E-state index contributed by atoms with van der Waals surface area (Å²) in [6.45, 7) is 2.21. The van der Waals surface area contributed by atoms with Crippen molar-refractivity contribution in [3.8, 4) is 11.4 Å². The van der Waals surface area contributed by atoms with Crippen LogP contribution < -0.4 is 5.32 Å². The predicted molar refractivity (Wildman–Crippen MR) is 103 cm³/mol. The first-order chi connectivity index (χ1) is 12.7. The molecule has 2 heterocycles. The zero-order valence-electron chi connectivity index (χ0n) is 14.4. The Labute approximate surface area is 162 Å². The van der Waals surface area contributed by atoms with Gasteiger partial charge in [-0.1, -0.05) is 23.4 Å². The number of amides is 1. The number of carbonyl (C=O) groups is 1. The zero-order valence-corrected chi connectivity index (χ0v) is 16.0. The molecule has 1 saturated carbocycles. The molecule has 1 aliphatic carbocycles. The van der Waals surface area contributed by atoms with Gasteiger partial charge in [0.05, 0.1) is 5.75 Å². The number of likely N-dealkylation sites (tertiary alicyclic amines) is 1. The Balaban J connectivity index is 1.22. The molecular weight excluding hydrogens is 370 g/mol. The predicted octanol–water partition coefficient (Wildman–Crippen LogP) is 2.96. The van der Waals surface area contributed by atoms with Crippen LogP contribution >= 0.6 is 23.4 Å². The maximum absolute atomic E-state index is 12.2. The molecule has 1 aliphatic heterocycles. The molecule has 2 aromatic rings. The average Bonchev–Trinajstić information content (AvgIpc) is 3.39. The first-order valence-electron chi connectivity index (χ1n) is 9.02. The number of thioether (sulfide) groups is 1. The molecule has 1 amide bonds. The Morgan fingerprint density at radius 3 is 2.65 bits per heavy atom. The maximum atomic E-state index is 12.2. The minimum absolute atomic E-state index is 0.0534. The fourth-order valence-corrected chi connectivity index (χ4v) is 4.03. The molecule has 2 aliphatic rings. The first kappa shape index (κ1) is 17.8. The number of aromatic nitrogens is 3. The molecule has 4 rings (SSSR count). The van der Waals surface area contributed by atoms with E-state index < -0.39 is 0 Å². The average molecular weight is 392 g/mol. The van der Waals surface area contributed by atoms with E-state index in [2.05, 4.69) is 25.4 Å². The SMILES string of the molecule is O=C(CSc1n[nH]c(-c2ccc(Cl)cc2)n1)NC1CCN(C2CC2)CC1. The number of hydrogen-bond donors (Lipinski definition) is 2. The summed E-state index contributed by atoms with van der Waals surface area (Å²) in [7, 11) is 0. The van der Waals surface area contributed by atoms with Gasteiger partial charge in [-0.05, 0) is 49.9 Å². The monoisotopic (exact) mass is 391 g/mol. The summed E-state index contributed by atoms with van der Waals surface area (Å²) in [4.78, 5) is 19.2. The lowest BCUT2D eigenvalue weighted by molar-refractivity contribution is -0.119. The van der Waals surface area contributed by atoms with E-state index in [1.807, 2.05) is 24.3 Å². The summed E-state index contributed by atoms with van der Waals surface area (Å²) < 4.78 is 0. The number of piperidine rings is 1. The Kier molecular flexibility index (Phi) is 5.47. The standard InChI is InChI=1S/C18H22ClN5OS/c19-13-3-1-12(2-4-13)17-21-18(23-22-17)26-11-16(25)20-14-7-9-24(10-8-14)15-5-6-15/h1-4,14-15H,5-11H2,(H,20,25)(H,21,22,23). The van der Waals surface area contributed by atoms with Crippen LogP contribution in [0.3, 0.4) is 0 Å². The number of H-pyrrole nitrogens is 1. The number of rotatable bonds is 6. The molecule has 1 aromatic carbocycles. The van der Waals surface area contributed by atoms with Gasteiger partial charge in [0.2, 0.25) is 11.1 Å². The number of halogens is 1. The van der Waals surface area contributed by atoms with Crippen molar-refractivity contribution in [1.82, 2.24) is 25.4 Å². The highest BCUT2D eigenvalue weighted by Crippen LogP contribution is 2.29. The van der Waals surface area contributed by atoms with Crippen molar-refractivity contribution in [2.45, 2.75) is 42.9 Å². The van der Waals surface area contributed by atoms with E-state index in [0.717, 1.165) is 37.5 Å². The van der Waals surface area contributed by atoms with Gasteiger partial charge in [0, 0.05) is 35.8 Å². The van der Waals surface area contributed by atoms with Crippen molar-refractivity contribution in [3.05, 3.63) is 29.3 Å². The Morgan fingerprint density at radius 1 is 1.23 bits per heavy atom. The highest BCUT2D eigenvalue weighted by atomic mass is 35.5. The number of nitrogens with one attached hydrogen (secondary N) is 2. The lowest BCUT2D eigenvalue weighted by Crippen LogP contribution is -2.45. The van der Waals surface area contributed by atoms with Crippen molar-refractivity contribution >= 4 is 29.3 Å². The molecule has 2 fully saturated rings. The molecule has 138 valence electrons. The molecule has 0 unspecified atom stereocenters. The second kappa shape index (κ2) is 7.98. The van der Waals surface area contributed by atoms with Crippen LogP contribution in [0.25, 0.3) is 11.4 Å². The summed E-state index contributed by atoms with van der Waals surface area (Å²) >= 11 is 7.25. The Hall–Kier alpha value is -1.57. The Bertz CT molecular complexity index is 753. The number of aromatic amines is 1. The number of benzene rings is 1. The fraction of sp³-hybridized carbons (Fsp3) is 0.500. The van der Waals surface area contributed by atoms with Crippen LogP contribution in [-0.4, -0.2) is 56.9 Å². The van der Waals surface area contributed by atoms with E-state index in [1.165, 1.54) is 24.6 Å². The molecule has 26 heavy (non-hydrogen) atoms. The van der Waals surface area contributed by atoms with Crippen molar-refractivity contribution < 1.29 is 4.79 Å².